The van der Waals surface area contributed by atoms with Crippen LogP contribution in [0.3, 0.4) is 0 Å². The normalized spacial score (nSPS) is 15.2. The van der Waals surface area contributed by atoms with Gasteiger partial charge >= 0.3 is 5.69 Å². The molecule has 110 valence electrons. The Morgan fingerprint density at radius 3 is 2.57 bits per heavy atom. The number of pyridine rings is 1. The largest absolute Gasteiger partial charge is 0.384 e. The van der Waals surface area contributed by atoms with Crippen LogP contribution in [0.4, 0.5) is 22.5 Å². The molecule has 0 aliphatic carbocycles. The van der Waals surface area contributed by atoms with Crippen molar-refractivity contribution in [2.24, 2.45) is 0 Å². The van der Waals surface area contributed by atoms with E-state index in [0.29, 0.717) is 18.9 Å². The minimum Gasteiger partial charge on any atom is -0.384 e. The SMILES string of the molecule is Nc1ccc([N+](=O)[O-])c(N2CCN(c3nccs3)CC2)n1. The summed E-state index contributed by atoms with van der Waals surface area (Å²) in [6, 6.07) is 2.86. The molecule has 0 saturated carbocycles. The Hall–Kier alpha value is -2.42. The molecule has 0 unspecified atom stereocenters. The molecular weight excluding hydrogens is 292 g/mol. The molecule has 0 bridgehead atoms. The summed E-state index contributed by atoms with van der Waals surface area (Å²) in [5, 5.41) is 14.0. The Kier molecular flexibility index (Phi) is 3.57. The lowest BCUT2D eigenvalue weighted by atomic mass is 10.3. The fourth-order valence-electron chi connectivity index (χ4n) is 2.31. The van der Waals surface area contributed by atoms with Crippen molar-refractivity contribution in [1.29, 1.82) is 0 Å². The third-order valence-corrected chi connectivity index (χ3v) is 4.17. The number of thiazole rings is 1. The van der Waals surface area contributed by atoms with Crippen LogP contribution in [0.15, 0.2) is 23.7 Å². The zero-order valence-electron chi connectivity index (χ0n) is 11.2. The predicted octanol–water partition coefficient (Wildman–Crippen LogP) is 1.36. The van der Waals surface area contributed by atoms with Gasteiger partial charge in [-0.1, -0.05) is 0 Å². The van der Waals surface area contributed by atoms with Gasteiger partial charge in [0.1, 0.15) is 5.82 Å². The van der Waals surface area contributed by atoms with Crippen LogP contribution in [0.1, 0.15) is 0 Å². The van der Waals surface area contributed by atoms with Crippen LogP contribution in [0, 0.1) is 10.1 Å². The standard InChI is InChI=1S/C12H14N6O2S/c13-10-2-1-9(18(19)20)11(15-10)16-4-6-17(7-5-16)12-14-3-8-21-12/h1-3,8H,4-7H2,(H2,13,15). The second-order valence-corrected chi connectivity index (χ2v) is 5.50. The van der Waals surface area contributed by atoms with E-state index < -0.39 is 4.92 Å². The maximum absolute atomic E-state index is 11.1. The average Bonchev–Trinajstić information content (AvgIpc) is 3.01. The lowest BCUT2D eigenvalue weighted by molar-refractivity contribution is -0.384. The van der Waals surface area contributed by atoms with Crippen LogP contribution >= 0.6 is 11.3 Å². The van der Waals surface area contributed by atoms with E-state index in [4.69, 9.17) is 5.73 Å². The molecule has 1 saturated heterocycles. The summed E-state index contributed by atoms with van der Waals surface area (Å²) in [6.07, 6.45) is 1.77. The van der Waals surface area contributed by atoms with Crippen LogP contribution in [-0.2, 0) is 0 Å². The van der Waals surface area contributed by atoms with E-state index in [0.717, 1.165) is 18.2 Å². The third kappa shape index (κ3) is 2.72. The molecule has 2 N–H and O–H groups in total. The van der Waals surface area contributed by atoms with Crippen molar-refractivity contribution >= 4 is 33.8 Å². The first-order chi connectivity index (χ1) is 10.1. The molecule has 21 heavy (non-hydrogen) atoms. The van der Waals surface area contributed by atoms with Crippen LogP contribution in [0.2, 0.25) is 0 Å². The number of nitrogens with zero attached hydrogens (tertiary/aromatic N) is 5. The summed E-state index contributed by atoms with van der Waals surface area (Å²) in [6.45, 7) is 2.80. The van der Waals surface area contributed by atoms with Gasteiger partial charge in [-0.05, 0) is 6.07 Å². The smallest absolute Gasteiger partial charge is 0.311 e. The third-order valence-electron chi connectivity index (χ3n) is 3.34. The topological polar surface area (TPSA) is 101 Å². The fraction of sp³-hybridized carbons (Fsp3) is 0.333. The van der Waals surface area contributed by atoms with E-state index >= 15 is 0 Å². The van der Waals surface area contributed by atoms with Crippen molar-refractivity contribution in [3.8, 4) is 0 Å². The number of aromatic nitrogens is 2. The molecule has 3 heterocycles. The number of nitro groups is 1. The maximum Gasteiger partial charge on any atom is 0.311 e. The summed E-state index contributed by atoms with van der Waals surface area (Å²) < 4.78 is 0. The van der Waals surface area contributed by atoms with Gasteiger partial charge in [0.2, 0.25) is 5.82 Å². The van der Waals surface area contributed by atoms with Crippen molar-refractivity contribution < 1.29 is 4.92 Å². The summed E-state index contributed by atoms with van der Waals surface area (Å²) in [5.41, 5.74) is 5.65. The quantitative estimate of drug-likeness (QED) is 0.674. The summed E-state index contributed by atoms with van der Waals surface area (Å²) >= 11 is 1.59. The highest BCUT2D eigenvalue weighted by Gasteiger charge is 2.26. The molecule has 0 amide bonds. The van der Waals surface area contributed by atoms with Crippen molar-refractivity contribution in [2.75, 3.05) is 41.7 Å². The summed E-state index contributed by atoms with van der Waals surface area (Å²) in [7, 11) is 0. The lowest BCUT2D eigenvalue weighted by Crippen LogP contribution is -2.47. The van der Waals surface area contributed by atoms with E-state index in [1.54, 1.807) is 17.5 Å². The average molecular weight is 306 g/mol. The van der Waals surface area contributed by atoms with Gasteiger partial charge in [-0.3, -0.25) is 10.1 Å². The van der Waals surface area contributed by atoms with Gasteiger partial charge in [0.05, 0.1) is 4.92 Å². The number of hydrogen-bond donors (Lipinski definition) is 1. The molecular formula is C12H14N6O2S. The zero-order valence-corrected chi connectivity index (χ0v) is 12.0. The summed E-state index contributed by atoms with van der Waals surface area (Å²) in [4.78, 5) is 23.2. The number of nitrogens with two attached hydrogens (primary N) is 1. The van der Waals surface area contributed by atoms with Gasteiger partial charge in [-0.15, -0.1) is 11.3 Å². The molecule has 0 aromatic carbocycles. The fourth-order valence-corrected chi connectivity index (χ4v) is 3.01. The minimum atomic E-state index is -0.422. The van der Waals surface area contributed by atoms with E-state index in [-0.39, 0.29) is 11.5 Å². The number of piperazine rings is 1. The first-order valence-electron chi connectivity index (χ1n) is 6.45. The summed E-state index contributed by atoms with van der Waals surface area (Å²) in [5.74, 6) is 0.636. The first-order valence-corrected chi connectivity index (χ1v) is 7.33. The Labute approximate surface area is 125 Å². The molecule has 9 heteroatoms. The minimum absolute atomic E-state index is 0.00750. The Balaban J connectivity index is 1.78. The van der Waals surface area contributed by atoms with Crippen LogP contribution in [0.5, 0.6) is 0 Å². The van der Waals surface area contributed by atoms with Crippen molar-refractivity contribution in [1.82, 2.24) is 9.97 Å². The van der Waals surface area contributed by atoms with E-state index in [1.165, 1.54) is 12.1 Å². The molecule has 2 aromatic heterocycles. The van der Waals surface area contributed by atoms with Gasteiger partial charge in [0.15, 0.2) is 5.13 Å². The predicted molar refractivity (Wildman–Crippen MR) is 81.8 cm³/mol. The van der Waals surface area contributed by atoms with Crippen molar-refractivity contribution in [3.63, 3.8) is 0 Å². The van der Waals surface area contributed by atoms with E-state index in [9.17, 15) is 10.1 Å². The molecule has 0 atom stereocenters. The number of anilines is 3. The molecule has 1 aliphatic rings. The van der Waals surface area contributed by atoms with Crippen molar-refractivity contribution in [2.45, 2.75) is 0 Å². The Bertz CT molecular complexity index is 639. The highest BCUT2D eigenvalue weighted by molar-refractivity contribution is 7.13. The number of nitrogen functional groups attached to an aromatic ring is 1. The molecule has 8 nitrogen and oxygen atoms in total. The molecule has 2 aromatic rings. The highest BCUT2D eigenvalue weighted by Crippen LogP contribution is 2.28. The molecule has 1 aliphatic heterocycles. The zero-order chi connectivity index (χ0) is 14.8. The van der Waals surface area contributed by atoms with Crippen LogP contribution < -0.4 is 15.5 Å². The highest BCUT2D eigenvalue weighted by atomic mass is 32.1. The second-order valence-electron chi connectivity index (χ2n) is 4.62. The van der Waals surface area contributed by atoms with Gasteiger partial charge < -0.3 is 15.5 Å². The van der Waals surface area contributed by atoms with Gasteiger partial charge in [-0.25, -0.2) is 9.97 Å². The molecule has 3 rings (SSSR count). The van der Waals surface area contributed by atoms with Gasteiger partial charge in [0.25, 0.3) is 0 Å². The van der Waals surface area contributed by atoms with E-state index in [1.807, 2.05) is 10.3 Å². The molecule has 1 fully saturated rings. The van der Waals surface area contributed by atoms with Gasteiger partial charge in [0, 0.05) is 43.8 Å². The number of hydrogen-bond acceptors (Lipinski definition) is 8. The van der Waals surface area contributed by atoms with Crippen molar-refractivity contribution in [3.05, 3.63) is 33.8 Å². The lowest BCUT2D eigenvalue weighted by Gasteiger charge is -2.34. The number of rotatable bonds is 3. The first kappa shape index (κ1) is 13.6. The van der Waals surface area contributed by atoms with Crippen LogP contribution in [0.25, 0.3) is 0 Å². The van der Waals surface area contributed by atoms with E-state index in [2.05, 4.69) is 14.9 Å². The molecule has 0 radical (unpaired) electrons. The Morgan fingerprint density at radius 2 is 1.95 bits per heavy atom. The monoisotopic (exact) mass is 306 g/mol. The Morgan fingerprint density at radius 1 is 1.24 bits per heavy atom. The second kappa shape index (κ2) is 5.52. The maximum atomic E-state index is 11.1. The molecule has 0 spiro atoms. The van der Waals surface area contributed by atoms with Gasteiger partial charge in [-0.2, -0.15) is 0 Å². The van der Waals surface area contributed by atoms with Crippen LogP contribution in [-0.4, -0.2) is 41.1 Å².